The van der Waals surface area contributed by atoms with Crippen LogP contribution in [0.3, 0.4) is 0 Å². The summed E-state index contributed by atoms with van der Waals surface area (Å²) in [4.78, 5) is 21.0. The minimum Gasteiger partial charge on any atom is -0.481 e. The lowest BCUT2D eigenvalue weighted by molar-refractivity contribution is -0.138. The van der Waals surface area contributed by atoms with Crippen molar-refractivity contribution in [2.24, 2.45) is 0 Å². The Morgan fingerprint density at radius 1 is 1.38 bits per heavy atom. The molecule has 0 aromatic carbocycles. The third-order valence-electron chi connectivity index (χ3n) is 1.34. The van der Waals surface area contributed by atoms with E-state index in [9.17, 15) is 9.59 Å². The zero-order valence-corrected chi connectivity index (χ0v) is 7.71. The van der Waals surface area contributed by atoms with Crippen molar-refractivity contribution >= 4 is 11.9 Å². The van der Waals surface area contributed by atoms with Gasteiger partial charge in [-0.25, -0.2) is 0 Å². The highest BCUT2D eigenvalue weighted by Crippen LogP contribution is 1.87. The van der Waals surface area contributed by atoms with Gasteiger partial charge in [0, 0.05) is 19.6 Å². The van der Waals surface area contributed by atoms with E-state index in [0.29, 0.717) is 19.8 Å². The number of ether oxygens (including phenoxy) is 1. The van der Waals surface area contributed by atoms with Crippen molar-refractivity contribution in [3.05, 3.63) is 0 Å². The molecule has 0 bridgehead atoms. The molecule has 0 atom stereocenters. The van der Waals surface area contributed by atoms with E-state index in [2.05, 4.69) is 5.32 Å². The van der Waals surface area contributed by atoms with E-state index in [-0.39, 0.29) is 18.7 Å². The summed E-state index contributed by atoms with van der Waals surface area (Å²) < 4.78 is 4.98. The Labute approximate surface area is 77.1 Å². The lowest BCUT2D eigenvalue weighted by Gasteiger charge is -2.03. The topological polar surface area (TPSA) is 75.6 Å². The highest BCUT2D eigenvalue weighted by molar-refractivity contribution is 5.80. The van der Waals surface area contributed by atoms with Crippen LogP contribution in [-0.2, 0) is 14.3 Å². The van der Waals surface area contributed by atoms with E-state index in [1.807, 2.05) is 6.92 Å². The van der Waals surface area contributed by atoms with Crippen LogP contribution >= 0.6 is 0 Å². The maximum absolute atomic E-state index is 10.9. The van der Waals surface area contributed by atoms with E-state index in [0.717, 1.165) is 0 Å². The van der Waals surface area contributed by atoms with Crippen molar-refractivity contribution < 1.29 is 19.4 Å². The zero-order chi connectivity index (χ0) is 10.1. The lowest BCUT2D eigenvalue weighted by Crippen LogP contribution is -2.27. The number of hydrogen-bond acceptors (Lipinski definition) is 3. The maximum atomic E-state index is 10.9. The standard InChI is InChI=1S/C8H15NO4/c1-2-13-6-5-9-7(10)3-4-8(11)12/h2-6H2,1H3,(H,9,10)(H,11,12). The number of carbonyl (C=O) groups is 2. The maximum Gasteiger partial charge on any atom is 0.303 e. The number of carbonyl (C=O) groups excluding carboxylic acids is 1. The normalized spacial score (nSPS) is 9.62. The Bertz CT molecular complexity index is 170. The Balaban J connectivity index is 3.25. The van der Waals surface area contributed by atoms with E-state index in [4.69, 9.17) is 9.84 Å². The van der Waals surface area contributed by atoms with Crippen LogP contribution in [0.1, 0.15) is 19.8 Å². The summed E-state index contributed by atoms with van der Waals surface area (Å²) >= 11 is 0. The molecule has 0 saturated heterocycles. The summed E-state index contributed by atoms with van der Waals surface area (Å²) in [6, 6.07) is 0. The van der Waals surface area contributed by atoms with Gasteiger partial charge in [0.05, 0.1) is 13.0 Å². The first kappa shape index (κ1) is 11.9. The number of carboxylic acid groups (broad SMARTS) is 1. The van der Waals surface area contributed by atoms with E-state index >= 15 is 0 Å². The third-order valence-corrected chi connectivity index (χ3v) is 1.34. The molecule has 0 aliphatic carbocycles. The first-order valence-electron chi connectivity index (χ1n) is 4.23. The number of amides is 1. The highest BCUT2D eigenvalue weighted by Gasteiger charge is 2.03. The fourth-order valence-electron chi connectivity index (χ4n) is 0.716. The Hall–Kier alpha value is -1.10. The molecule has 1 amide bonds. The van der Waals surface area contributed by atoms with Crippen LogP contribution in [0.2, 0.25) is 0 Å². The van der Waals surface area contributed by atoms with Crippen molar-refractivity contribution in [2.45, 2.75) is 19.8 Å². The fraction of sp³-hybridized carbons (Fsp3) is 0.750. The summed E-state index contributed by atoms with van der Waals surface area (Å²) in [6.07, 6.45) is -0.0953. The largest absolute Gasteiger partial charge is 0.481 e. The van der Waals surface area contributed by atoms with Gasteiger partial charge in [-0.15, -0.1) is 0 Å². The average Bonchev–Trinajstić information content (AvgIpc) is 2.09. The lowest BCUT2D eigenvalue weighted by atomic mass is 10.3. The van der Waals surface area contributed by atoms with Gasteiger partial charge in [-0.3, -0.25) is 9.59 Å². The molecule has 0 aliphatic heterocycles. The first-order chi connectivity index (χ1) is 6.16. The monoisotopic (exact) mass is 189 g/mol. The SMILES string of the molecule is CCOCCNC(=O)CCC(=O)O. The molecule has 76 valence electrons. The highest BCUT2D eigenvalue weighted by atomic mass is 16.5. The van der Waals surface area contributed by atoms with Gasteiger partial charge in [-0.05, 0) is 6.92 Å². The van der Waals surface area contributed by atoms with Gasteiger partial charge < -0.3 is 15.2 Å². The Morgan fingerprint density at radius 3 is 2.62 bits per heavy atom. The molecule has 0 rings (SSSR count). The van der Waals surface area contributed by atoms with Gasteiger partial charge in [-0.1, -0.05) is 0 Å². The van der Waals surface area contributed by atoms with Crippen molar-refractivity contribution in [3.63, 3.8) is 0 Å². The van der Waals surface area contributed by atoms with Crippen molar-refractivity contribution in [3.8, 4) is 0 Å². The smallest absolute Gasteiger partial charge is 0.303 e. The predicted molar refractivity (Wildman–Crippen MR) is 46.4 cm³/mol. The molecule has 0 heterocycles. The molecule has 0 aromatic rings. The molecule has 0 radical (unpaired) electrons. The van der Waals surface area contributed by atoms with Gasteiger partial charge in [0.25, 0.3) is 0 Å². The number of aliphatic carboxylic acids is 1. The molecule has 2 N–H and O–H groups in total. The van der Waals surface area contributed by atoms with Gasteiger partial charge in [0.1, 0.15) is 0 Å². The summed E-state index contributed by atoms with van der Waals surface area (Å²) in [5, 5.41) is 10.8. The van der Waals surface area contributed by atoms with Gasteiger partial charge >= 0.3 is 5.97 Å². The number of carboxylic acids is 1. The Kier molecular flexibility index (Phi) is 6.91. The number of nitrogens with one attached hydrogen (secondary N) is 1. The molecule has 0 fully saturated rings. The molecule has 5 heteroatoms. The molecule has 0 unspecified atom stereocenters. The van der Waals surface area contributed by atoms with E-state index in [1.165, 1.54) is 0 Å². The van der Waals surface area contributed by atoms with Gasteiger partial charge in [0.2, 0.25) is 5.91 Å². The third kappa shape index (κ3) is 8.81. The van der Waals surface area contributed by atoms with Gasteiger partial charge in [-0.2, -0.15) is 0 Å². The summed E-state index contributed by atoms with van der Waals surface area (Å²) in [5.74, 6) is -1.21. The molecular formula is C8H15NO4. The fourth-order valence-corrected chi connectivity index (χ4v) is 0.716. The summed E-state index contributed by atoms with van der Waals surface area (Å²) in [6.45, 7) is 3.39. The van der Waals surface area contributed by atoms with Crippen molar-refractivity contribution in [1.29, 1.82) is 0 Å². The molecule has 0 saturated carbocycles. The van der Waals surface area contributed by atoms with Crippen LogP contribution < -0.4 is 5.32 Å². The number of rotatable bonds is 7. The van der Waals surface area contributed by atoms with Crippen molar-refractivity contribution in [2.75, 3.05) is 19.8 Å². The number of hydrogen-bond donors (Lipinski definition) is 2. The second kappa shape index (κ2) is 7.54. The quantitative estimate of drug-likeness (QED) is 0.553. The molecule has 5 nitrogen and oxygen atoms in total. The molecular weight excluding hydrogens is 174 g/mol. The van der Waals surface area contributed by atoms with Gasteiger partial charge in [0.15, 0.2) is 0 Å². The zero-order valence-electron chi connectivity index (χ0n) is 7.71. The molecule has 0 spiro atoms. The first-order valence-corrected chi connectivity index (χ1v) is 4.23. The minimum atomic E-state index is -0.958. The van der Waals surface area contributed by atoms with Crippen LogP contribution in [-0.4, -0.2) is 36.7 Å². The molecule has 13 heavy (non-hydrogen) atoms. The van der Waals surface area contributed by atoms with Crippen LogP contribution in [0.5, 0.6) is 0 Å². The Morgan fingerprint density at radius 2 is 2.08 bits per heavy atom. The van der Waals surface area contributed by atoms with Crippen LogP contribution in [0.25, 0.3) is 0 Å². The van der Waals surface area contributed by atoms with Crippen LogP contribution in [0.15, 0.2) is 0 Å². The minimum absolute atomic E-state index is 0.0292. The van der Waals surface area contributed by atoms with Crippen LogP contribution in [0.4, 0.5) is 0 Å². The predicted octanol–water partition coefficient (Wildman–Crippen LogP) is 0.00390. The van der Waals surface area contributed by atoms with Crippen molar-refractivity contribution in [1.82, 2.24) is 5.32 Å². The second-order valence-corrected chi connectivity index (χ2v) is 2.44. The van der Waals surface area contributed by atoms with Crippen LogP contribution in [0, 0.1) is 0 Å². The summed E-state index contributed by atoms with van der Waals surface area (Å²) in [7, 11) is 0. The second-order valence-electron chi connectivity index (χ2n) is 2.44. The van der Waals surface area contributed by atoms with E-state index < -0.39 is 5.97 Å². The average molecular weight is 189 g/mol. The summed E-state index contributed by atoms with van der Waals surface area (Å²) in [5.41, 5.74) is 0. The molecule has 0 aromatic heterocycles. The molecule has 0 aliphatic rings. The van der Waals surface area contributed by atoms with E-state index in [1.54, 1.807) is 0 Å².